The summed E-state index contributed by atoms with van der Waals surface area (Å²) in [6.45, 7) is 2.53. The lowest BCUT2D eigenvalue weighted by molar-refractivity contribution is 0.552. The van der Waals surface area contributed by atoms with Crippen molar-refractivity contribution < 1.29 is 0 Å². The lowest BCUT2D eigenvalue weighted by Crippen LogP contribution is -2.37. The van der Waals surface area contributed by atoms with Gasteiger partial charge in [-0.15, -0.1) is 0 Å². The Morgan fingerprint density at radius 1 is 1.29 bits per heavy atom. The summed E-state index contributed by atoms with van der Waals surface area (Å²) in [6.07, 6.45) is 1.04. The van der Waals surface area contributed by atoms with E-state index in [2.05, 4.69) is 11.9 Å². The molecule has 0 aliphatic heterocycles. The maximum absolute atomic E-state index is 12.6. The summed E-state index contributed by atoms with van der Waals surface area (Å²) in [6, 6.07) is 6.95. The van der Waals surface area contributed by atoms with Crippen LogP contribution in [0, 0.1) is 11.8 Å². The summed E-state index contributed by atoms with van der Waals surface area (Å²) in [5.41, 5.74) is -0.0889. The van der Waals surface area contributed by atoms with E-state index in [9.17, 15) is 9.59 Å². The average Bonchev–Trinajstić information content (AvgIpc) is 3.12. The molecule has 0 radical (unpaired) electrons. The summed E-state index contributed by atoms with van der Waals surface area (Å²) < 4.78 is 1.22. The second-order valence-corrected chi connectivity index (χ2v) is 6.27. The zero-order chi connectivity index (χ0) is 15.1. The molecule has 1 aromatic heterocycles. The monoisotopic (exact) mass is 324 g/mol. The molecule has 0 spiro atoms. The molecule has 4 nitrogen and oxygen atoms in total. The second kappa shape index (κ2) is 5.35. The quantitative estimate of drug-likeness (QED) is 0.881. The van der Waals surface area contributed by atoms with Crippen LogP contribution >= 0.6 is 23.2 Å². The molecule has 21 heavy (non-hydrogen) atoms. The van der Waals surface area contributed by atoms with E-state index < -0.39 is 11.2 Å². The van der Waals surface area contributed by atoms with Gasteiger partial charge in [0, 0.05) is 17.1 Å². The topological polar surface area (TPSA) is 54.9 Å². The maximum atomic E-state index is 12.6. The van der Waals surface area contributed by atoms with Gasteiger partial charge < -0.3 is 0 Å². The largest absolute Gasteiger partial charge is 0.329 e. The molecule has 1 saturated carbocycles. The van der Waals surface area contributed by atoms with Gasteiger partial charge in [-0.2, -0.15) is 0 Å². The van der Waals surface area contributed by atoms with Gasteiger partial charge in [-0.25, -0.2) is 4.79 Å². The summed E-state index contributed by atoms with van der Waals surface area (Å²) in [5, 5.41) is 0.452. The van der Waals surface area contributed by atoms with Crippen molar-refractivity contribution >= 4 is 23.2 Å². The Labute approximate surface area is 131 Å². The highest BCUT2D eigenvalue weighted by molar-refractivity contribution is 6.35. The second-order valence-electron chi connectivity index (χ2n) is 5.49. The van der Waals surface area contributed by atoms with Gasteiger partial charge in [0.2, 0.25) is 0 Å². The van der Waals surface area contributed by atoms with Crippen LogP contribution in [0.4, 0.5) is 0 Å². The van der Waals surface area contributed by atoms with Gasteiger partial charge in [0.05, 0.1) is 5.56 Å². The fourth-order valence-corrected chi connectivity index (χ4v) is 2.99. The number of rotatable bonds is 3. The summed E-state index contributed by atoms with van der Waals surface area (Å²) in [4.78, 5) is 27.2. The van der Waals surface area contributed by atoms with E-state index in [0.717, 1.165) is 6.42 Å². The van der Waals surface area contributed by atoms with Crippen LogP contribution in [0.3, 0.4) is 0 Å². The third-order valence-corrected chi connectivity index (χ3v) is 4.59. The van der Waals surface area contributed by atoms with E-state index in [1.807, 2.05) is 0 Å². The third kappa shape index (κ3) is 2.65. The molecule has 2 atom stereocenters. The van der Waals surface area contributed by atoms with Gasteiger partial charge in [0.15, 0.2) is 0 Å². The number of nitrogens with zero attached hydrogens (tertiary/aromatic N) is 1. The molecule has 1 aliphatic carbocycles. The maximum Gasteiger partial charge on any atom is 0.329 e. The Hall–Kier alpha value is -1.52. The molecule has 1 aromatic carbocycles. The Morgan fingerprint density at radius 2 is 1.95 bits per heavy atom. The molecule has 1 fully saturated rings. The predicted molar refractivity (Wildman–Crippen MR) is 84.0 cm³/mol. The van der Waals surface area contributed by atoms with E-state index in [4.69, 9.17) is 23.2 Å². The van der Waals surface area contributed by atoms with Crippen molar-refractivity contribution in [1.29, 1.82) is 0 Å². The molecule has 2 aromatic rings. The lowest BCUT2D eigenvalue weighted by atomic mass is 10.1. The average molecular weight is 325 g/mol. The van der Waals surface area contributed by atoms with Crippen molar-refractivity contribution in [1.82, 2.24) is 9.55 Å². The Balaban J connectivity index is 2.17. The van der Waals surface area contributed by atoms with E-state index in [1.165, 1.54) is 4.57 Å². The standard InChI is InChI=1S/C15H14Cl2N2O2/c1-8-6-9(8)7-19-14(20)12(13(17)18-15(19)21)10-4-2-3-5-11(10)16/h2-5,8-9H,6-7H2,1H3,(H,18,21). The zero-order valence-electron chi connectivity index (χ0n) is 11.4. The van der Waals surface area contributed by atoms with Crippen LogP contribution in [-0.4, -0.2) is 9.55 Å². The van der Waals surface area contributed by atoms with E-state index in [1.54, 1.807) is 24.3 Å². The molecular formula is C15H14Cl2N2O2. The van der Waals surface area contributed by atoms with Crippen molar-refractivity contribution in [2.75, 3.05) is 0 Å². The molecule has 1 heterocycles. The van der Waals surface area contributed by atoms with Gasteiger partial charge in [0.1, 0.15) is 5.15 Å². The Bertz CT molecular complexity index is 810. The van der Waals surface area contributed by atoms with Crippen LogP contribution in [0.15, 0.2) is 33.9 Å². The first-order valence-electron chi connectivity index (χ1n) is 6.76. The van der Waals surface area contributed by atoms with Crippen LogP contribution in [0.1, 0.15) is 13.3 Å². The molecule has 1 aliphatic rings. The minimum atomic E-state index is -0.472. The van der Waals surface area contributed by atoms with Crippen LogP contribution in [0.25, 0.3) is 11.1 Å². The molecule has 0 saturated heterocycles. The highest BCUT2D eigenvalue weighted by Crippen LogP contribution is 2.38. The molecular weight excluding hydrogens is 311 g/mol. The van der Waals surface area contributed by atoms with Gasteiger partial charge in [-0.1, -0.05) is 48.3 Å². The molecule has 2 unspecified atom stereocenters. The molecule has 0 bridgehead atoms. The highest BCUT2D eigenvalue weighted by Gasteiger charge is 2.33. The number of aromatic amines is 1. The Kier molecular flexibility index (Phi) is 3.68. The molecule has 6 heteroatoms. The van der Waals surface area contributed by atoms with E-state index in [-0.39, 0.29) is 10.7 Å². The van der Waals surface area contributed by atoms with Crippen LogP contribution in [0.5, 0.6) is 0 Å². The number of nitrogens with one attached hydrogen (secondary N) is 1. The van der Waals surface area contributed by atoms with Crippen LogP contribution in [0.2, 0.25) is 10.2 Å². The van der Waals surface area contributed by atoms with Crippen molar-refractivity contribution in [3.8, 4) is 11.1 Å². The van der Waals surface area contributed by atoms with Gasteiger partial charge in [0.25, 0.3) is 5.56 Å². The van der Waals surface area contributed by atoms with E-state index >= 15 is 0 Å². The smallest absolute Gasteiger partial charge is 0.297 e. The van der Waals surface area contributed by atoms with E-state index in [0.29, 0.717) is 29.0 Å². The normalized spacial score (nSPS) is 20.5. The number of H-pyrrole nitrogens is 1. The first kappa shape index (κ1) is 14.4. The fraction of sp³-hybridized carbons (Fsp3) is 0.333. The minimum Gasteiger partial charge on any atom is -0.297 e. The number of hydrogen-bond donors (Lipinski definition) is 1. The summed E-state index contributed by atoms with van der Waals surface area (Å²) >= 11 is 12.2. The third-order valence-electron chi connectivity index (χ3n) is 3.98. The van der Waals surface area contributed by atoms with Crippen molar-refractivity contribution in [2.24, 2.45) is 11.8 Å². The van der Waals surface area contributed by atoms with Crippen LogP contribution < -0.4 is 11.2 Å². The van der Waals surface area contributed by atoms with Gasteiger partial charge in [-0.05, 0) is 24.3 Å². The number of aromatic nitrogens is 2. The fourth-order valence-electron chi connectivity index (χ4n) is 2.50. The van der Waals surface area contributed by atoms with Crippen molar-refractivity contribution in [3.63, 3.8) is 0 Å². The predicted octanol–water partition coefficient (Wildman–Crippen LogP) is 3.17. The van der Waals surface area contributed by atoms with Gasteiger partial charge >= 0.3 is 5.69 Å². The number of halogens is 2. The molecule has 0 amide bonds. The molecule has 1 N–H and O–H groups in total. The lowest BCUT2D eigenvalue weighted by Gasteiger charge is -2.10. The van der Waals surface area contributed by atoms with Crippen molar-refractivity contribution in [2.45, 2.75) is 19.9 Å². The Morgan fingerprint density at radius 3 is 2.57 bits per heavy atom. The highest BCUT2D eigenvalue weighted by atomic mass is 35.5. The molecule has 3 rings (SSSR count). The summed E-state index contributed by atoms with van der Waals surface area (Å²) in [7, 11) is 0. The number of hydrogen-bond acceptors (Lipinski definition) is 2. The van der Waals surface area contributed by atoms with Crippen LogP contribution in [-0.2, 0) is 6.54 Å². The van der Waals surface area contributed by atoms with Crippen molar-refractivity contribution in [3.05, 3.63) is 55.3 Å². The molecule has 110 valence electrons. The zero-order valence-corrected chi connectivity index (χ0v) is 12.9. The minimum absolute atomic E-state index is 0.0261. The first-order valence-corrected chi connectivity index (χ1v) is 7.52. The summed E-state index contributed by atoms with van der Waals surface area (Å²) in [5.74, 6) is 0.930. The SMILES string of the molecule is CC1CC1Cn1c(=O)[nH]c(Cl)c(-c2ccccc2Cl)c1=O. The first-order chi connectivity index (χ1) is 9.99. The number of benzene rings is 1. The van der Waals surface area contributed by atoms with Gasteiger partial charge in [-0.3, -0.25) is 14.3 Å².